The van der Waals surface area contributed by atoms with Gasteiger partial charge in [-0.2, -0.15) is 11.3 Å². The topological polar surface area (TPSA) is 71.3 Å². The molecule has 2 heterocycles. The van der Waals surface area contributed by atoms with E-state index in [0.717, 1.165) is 12.0 Å². The molecule has 2 N–H and O–H groups in total. The van der Waals surface area contributed by atoms with Crippen LogP contribution in [0.2, 0.25) is 0 Å². The van der Waals surface area contributed by atoms with Crippen molar-refractivity contribution in [3.05, 3.63) is 82.4 Å². The standard InChI is InChI=1S/C21H22N2O3S/c1-15(12-17-9-11-27-14-17)22-20(24)18(13-16-6-3-2-4-7-16)23-21(25)19-8-5-10-26-19/h2-11,14-15,18H,12-13H2,1H3,(H,22,24)(H,23,25). The number of carbonyl (C=O) groups excluding carboxylic acids is 2. The van der Waals surface area contributed by atoms with E-state index in [1.54, 1.807) is 23.5 Å². The smallest absolute Gasteiger partial charge is 0.287 e. The molecule has 3 rings (SSSR count). The first kappa shape index (κ1) is 18.9. The van der Waals surface area contributed by atoms with Crippen LogP contribution in [0.25, 0.3) is 0 Å². The molecule has 140 valence electrons. The maximum Gasteiger partial charge on any atom is 0.287 e. The lowest BCUT2D eigenvalue weighted by molar-refractivity contribution is -0.123. The fourth-order valence-electron chi connectivity index (χ4n) is 2.85. The molecule has 0 bridgehead atoms. The Kier molecular flexibility index (Phi) is 6.44. The van der Waals surface area contributed by atoms with Crippen molar-refractivity contribution in [2.75, 3.05) is 0 Å². The minimum atomic E-state index is -0.685. The van der Waals surface area contributed by atoms with Crippen LogP contribution in [0.4, 0.5) is 0 Å². The highest BCUT2D eigenvalue weighted by molar-refractivity contribution is 7.07. The Morgan fingerprint density at radius 2 is 1.81 bits per heavy atom. The van der Waals surface area contributed by atoms with Crippen LogP contribution in [-0.2, 0) is 17.6 Å². The predicted molar refractivity (Wildman–Crippen MR) is 106 cm³/mol. The van der Waals surface area contributed by atoms with Gasteiger partial charge in [0.05, 0.1) is 6.26 Å². The Morgan fingerprint density at radius 3 is 2.48 bits per heavy atom. The number of hydrogen-bond acceptors (Lipinski definition) is 4. The van der Waals surface area contributed by atoms with Crippen LogP contribution in [0.1, 0.15) is 28.6 Å². The lowest BCUT2D eigenvalue weighted by atomic mass is 10.0. The normalized spacial score (nSPS) is 12.9. The van der Waals surface area contributed by atoms with Crippen LogP contribution in [0.15, 0.2) is 70.0 Å². The summed E-state index contributed by atoms with van der Waals surface area (Å²) in [5, 5.41) is 9.89. The van der Waals surface area contributed by atoms with Crippen LogP contribution in [0.3, 0.4) is 0 Å². The van der Waals surface area contributed by atoms with Crippen molar-refractivity contribution in [3.63, 3.8) is 0 Å². The van der Waals surface area contributed by atoms with Gasteiger partial charge in [0.15, 0.2) is 5.76 Å². The summed E-state index contributed by atoms with van der Waals surface area (Å²) in [4.78, 5) is 25.2. The highest BCUT2D eigenvalue weighted by Gasteiger charge is 2.24. The number of hydrogen-bond donors (Lipinski definition) is 2. The van der Waals surface area contributed by atoms with Gasteiger partial charge in [0.2, 0.25) is 5.91 Å². The third-order valence-corrected chi connectivity index (χ3v) is 4.89. The predicted octanol–water partition coefficient (Wildman–Crippen LogP) is 3.43. The van der Waals surface area contributed by atoms with Crippen molar-refractivity contribution in [1.29, 1.82) is 0 Å². The summed E-state index contributed by atoms with van der Waals surface area (Å²) in [6.45, 7) is 1.96. The Morgan fingerprint density at radius 1 is 1.00 bits per heavy atom. The molecule has 0 aliphatic rings. The second-order valence-electron chi connectivity index (χ2n) is 6.44. The van der Waals surface area contributed by atoms with E-state index >= 15 is 0 Å². The van der Waals surface area contributed by atoms with E-state index in [1.807, 2.05) is 48.7 Å². The molecule has 1 aromatic carbocycles. The third kappa shape index (κ3) is 5.56. The summed E-state index contributed by atoms with van der Waals surface area (Å²) >= 11 is 1.64. The van der Waals surface area contributed by atoms with Gasteiger partial charge in [0.1, 0.15) is 6.04 Å². The molecule has 2 amide bonds. The van der Waals surface area contributed by atoms with Crippen LogP contribution in [-0.4, -0.2) is 23.9 Å². The largest absolute Gasteiger partial charge is 0.459 e. The van der Waals surface area contributed by atoms with Crippen molar-refractivity contribution >= 4 is 23.2 Å². The summed E-state index contributed by atoms with van der Waals surface area (Å²) in [5.74, 6) is -0.421. The van der Waals surface area contributed by atoms with Crippen LogP contribution >= 0.6 is 11.3 Å². The fraction of sp³-hybridized carbons (Fsp3) is 0.238. The zero-order valence-corrected chi connectivity index (χ0v) is 15.9. The van der Waals surface area contributed by atoms with Gasteiger partial charge in [-0.25, -0.2) is 0 Å². The average molecular weight is 382 g/mol. The summed E-state index contributed by atoms with van der Waals surface area (Å²) in [6.07, 6.45) is 2.59. The van der Waals surface area contributed by atoms with Crippen molar-refractivity contribution in [3.8, 4) is 0 Å². The van der Waals surface area contributed by atoms with Crippen LogP contribution in [0.5, 0.6) is 0 Å². The first-order valence-corrected chi connectivity index (χ1v) is 9.76. The highest BCUT2D eigenvalue weighted by Crippen LogP contribution is 2.10. The highest BCUT2D eigenvalue weighted by atomic mass is 32.1. The van der Waals surface area contributed by atoms with E-state index in [9.17, 15) is 9.59 Å². The number of benzene rings is 1. The molecule has 2 atom stereocenters. The molecular formula is C21H22N2O3S. The van der Waals surface area contributed by atoms with Gasteiger partial charge >= 0.3 is 0 Å². The van der Waals surface area contributed by atoms with E-state index in [4.69, 9.17) is 4.42 Å². The lowest BCUT2D eigenvalue weighted by Crippen LogP contribution is -2.50. The molecule has 2 aromatic heterocycles. The van der Waals surface area contributed by atoms with E-state index < -0.39 is 11.9 Å². The van der Waals surface area contributed by atoms with Gasteiger partial charge in [-0.1, -0.05) is 30.3 Å². The van der Waals surface area contributed by atoms with Gasteiger partial charge in [0.25, 0.3) is 5.91 Å². The van der Waals surface area contributed by atoms with E-state index in [-0.39, 0.29) is 17.7 Å². The number of furan rings is 1. The summed E-state index contributed by atoms with van der Waals surface area (Å²) < 4.78 is 5.13. The minimum Gasteiger partial charge on any atom is -0.459 e. The molecule has 0 radical (unpaired) electrons. The molecule has 6 heteroatoms. The van der Waals surface area contributed by atoms with Gasteiger partial charge in [-0.3, -0.25) is 9.59 Å². The maximum atomic E-state index is 12.8. The Balaban J connectivity index is 1.67. The maximum absolute atomic E-state index is 12.8. The quantitative estimate of drug-likeness (QED) is 0.627. The van der Waals surface area contributed by atoms with Gasteiger partial charge in [-0.15, -0.1) is 0 Å². The second-order valence-corrected chi connectivity index (χ2v) is 7.22. The Bertz CT molecular complexity index is 845. The van der Waals surface area contributed by atoms with Crippen LogP contribution < -0.4 is 10.6 Å². The van der Waals surface area contributed by atoms with Crippen molar-refractivity contribution in [1.82, 2.24) is 10.6 Å². The minimum absolute atomic E-state index is 0.0362. The molecule has 0 fully saturated rings. The molecule has 5 nitrogen and oxygen atoms in total. The summed E-state index contributed by atoms with van der Waals surface area (Å²) in [6, 6.07) is 14.2. The first-order chi connectivity index (χ1) is 13.1. The first-order valence-electron chi connectivity index (χ1n) is 8.81. The Labute approximate surface area is 162 Å². The monoisotopic (exact) mass is 382 g/mol. The average Bonchev–Trinajstić information content (AvgIpc) is 3.35. The molecule has 0 aliphatic carbocycles. The van der Waals surface area contributed by atoms with Gasteiger partial charge in [0, 0.05) is 12.5 Å². The van der Waals surface area contributed by atoms with Gasteiger partial charge < -0.3 is 15.1 Å². The van der Waals surface area contributed by atoms with E-state index in [0.29, 0.717) is 6.42 Å². The number of amides is 2. The second kappa shape index (κ2) is 9.19. The van der Waals surface area contributed by atoms with Crippen molar-refractivity contribution in [2.45, 2.75) is 31.8 Å². The number of thiophene rings is 1. The number of nitrogens with one attached hydrogen (secondary N) is 2. The SMILES string of the molecule is CC(Cc1ccsc1)NC(=O)C(Cc1ccccc1)NC(=O)c1ccco1. The van der Waals surface area contributed by atoms with Gasteiger partial charge in [-0.05, 0) is 53.4 Å². The molecule has 0 saturated heterocycles. The molecule has 2 unspecified atom stereocenters. The summed E-state index contributed by atoms with van der Waals surface area (Å²) in [7, 11) is 0. The summed E-state index contributed by atoms with van der Waals surface area (Å²) in [5.41, 5.74) is 2.16. The zero-order valence-electron chi connectivity index (χ0n) is 15.1. The van der Waals surface area contributed by atoms with Crippen molar-refractivity contribution < 1.29 is 14.0 Å². The molecule has 27 heavy (non-hydrogen) atoms. The third-order valence-electron chi connectivity index (χ3n) is 4.16. The zero-order chi connectivity index (χ0) is 19.1. The molecule has 0 spiro atoms. The molecular weight excluding hydrogens is 360 g/mol. The lowest BCUT2D eigenvalue weighted by Gasteiger charge is -2.21. The van der Waals surface area contributed by atoms with Crippen LogP contribution in [0, 0.1) is 0 Å². The molecule has 0 saturated carbocycles. The Hall–Kier alpha value is -2.86. The number of carbonyl (C=O) groups is 2. The number of rotatable bonds is 8. The van der Waals surface area contributed by atoms with Crippen molar-refractivity contribution in [2.24, 2.45) is 0 Å². The van der Waals surface area contributed by atoms with E-state index in [2.05, 4.69) is 16.0 Å². The molecule has 3 aromatic rings. The molecule has 0 aliphatic heterocycles. The van der Waals surface area contributed by atoms with E-state index in [1.165, 1.54) is 11.8 Å². The fourth-order valence-corrected chi connectivity index (χ4v) is 3.53.